The van der Waals surface area contributed by atoms with Gasteiger partial charge in [-0.05, 0) is 95.0 Å². The van der Waals surface area contributed by atoms with E-state index in [2.05, 4.69) is 104 Å². The summed E-state index contributed by atoms with van der Waals surface area (Å²) in [5.41, 5.74) is 11.1. The number of carbonyl (C=O) groups excluding carboxylic acids is 3. The molecule has 5 aliphatic heterocycles. The Balaban J connectivity index is 0.992. The summed E-state index contributed by atoms with van der Waals surface area (Å²) in [6.45, 7) is 20.7. The van der Waals surface area contributed by atoms with Crippen LogP contribution in [0.25, 0.3) is 33.4 Å². The van der Waals surface area contributed by atoms with Crippen molar-refractivity contribution in [1.82, 2.24) is 50.1 Å². The van der Waals surface area contributed by atoms with Crippen molar-refractivity contribution in [1.29, 1.82) is 0 Å². The number of hydrogen-bond acceptors (Lipinski definition) is 17. The van der Waals surface area contributed by atoms with Crippen LogP contribution < -0.4 is 15.6 Å². The first kappa shape index (κ1) is 56.1. The van der Waals surface area contributed by atoms with Crippen LogP contribution >= 0.6 is 11.3 Å². The number of hydrogen-bond donors (Lipinski definition) is 2. The van der Waals surface area contributed by atoms with Gasteiger partial charge >= 0.3 is 5.97 Å². The zero-order chi connectivity index (χ0) is 56.2. The van der Waals surface area contributed by atoms with Crippen molar-refractivity contribution in [3.63, 3.8) is 0 Å². The van der Waals surface area contributed by atoms with Crippen molar-refractivity contribution in [2.75, 3.05) is 90.9 Å². The van der Waals surface area contributed by atoms with E-state index in [9.17, 15) is 9.59 Å². The van der Waals surface area contributed by atoms with Crippen LogP contribution in [-0.4, -0.2) is 173 Å². The predicted molar refractivity (Wildman–Crippen MR) is 308 cm³/mol. The van der Waals surface area contributed by atoms with Crippen molar-refractivity contribution in [3.8, 4) is 22.5 Å². The molecule has 2 aliphatic carbocycles. The molecule has 434 valence electrons. The van der Waals surface area contributed by atoms with Gasteiger partial charge in [0.25, 0.3) is 5.91 Å². The molecule has 20 heteroatoms. The van der Waals surface area contributed by atoms with E-state index in [1.54, 1.807) is 13.3 Å². The molecule has 9 heterocycles. The summed E-state index contributed by atoms with van der Waals surface area (Å²) in [5, 5.41) is 8.67. The Hall–Kier alpha value is -5.45. The van der Waals surface area contributed by atoms with Gasteiger partial charge in [0.2, 0.25) is 5.91 Å². The molecular formula is C61H81N11O8S. The minimum atomic E-state index is -1.07. The Bertz CT molecular complexity index is 3080. The minimum Gasteiger partial charge on any atom is -0.464 e. The van der Waals surface area contributed by atoms with Gasteiger partial charge in [0.1, 0.15) is 23.4 Å². The van der Waals surface area contributed by atoms with Crippen LogP contribution in [-0.2, 0) is 51.0 Å². The normalized spacial score (nSPS) is 27.9. The van der Waals surface area contributed by atoms with Crippen molar-refractivity contribution >= 4 is 45.7 Å². The van der Waals surface area contributed by atoms with Crippen molar-refractivity contribution in [2.24, 2.45) is 17.3 Å². The number of rotatable bonds is 13. The van der Waals surface area contributed by atoms with Crippen LogP contribution in [0.3, 0.4) is 0 Å². The van der Waals surface area contributed by atoms with Crippen LogP contribution in [0, 0.1) is 17.3 Å². The summed E-state index contributed by atoms with van der Waals surface area (Å²) in [7, 11) is 1.74. The number of benzene rings is 1. The van der Waals surface area contributed by atoms with Crippen LogP contribution in [0.4, 0.5) is 5.69 Å². The Kier molecular flexibility index (Phi) is 16.1. The summed E-state index contributed by atoms with van der Waals surface area (Å²) in [6, 6.07) is 9.03. The summed E-state index contributed by atoms with van der Waals surface area (Å²) in [6.07, 6.45) is 10.8. The first-order valence-electron chi connectivity index (χ1n) is 29.6. The number of piperazine rings is 1. The van der Waals surface area contributed by atoms with Gasteiger partial charge in [-0.3, -0.25) is 34.2 Å². The molecule has 6 fully saturated rings. The summed E-state index contributed by atoms with van der Waals surface area (Å²) in [5.74, 6) is -1.50. The third-order valence-electron chi connectivity index (χ3n) is 18.1. The Morgan fingerprint density at radius 2 is 1.78 bits per heavy atom. The SMILES string of the molecule is CO[C@@H](C)c1ncc(N2CCN(C3CC3)CC2)cc1-c1c2c3cc(ccc3n1CCO[C@H]1CCOC(C)(C)C1)-c1csc(n1)[C@@H](N1CCOCC1)[C@H](NC(=O)C1[C@@H](C)[C@H]1c1ccncn1)C(=O)N1CCC[C@H](N1)C(=O)OCC(C)(C)C2. The smallest absolute Gasteiger partial charge is 0.324 e. The van der Waals surface area contributed by atoms with Gasteiger partial charge in [0.05, 0.1) is 79.2 Å². The second-order valence-electron chi connectivity index (χ2n) is 25.0. The lowest BCUT2D eigenvalue weighted by Crippen LogP contribution is -2.63. The number of fused-ring (bicyclic) bond motifs is 6. The molecule has 8 atom stereocenters. The zero-order valence-electron chi connectivity index (χ0n) is 48.2. The Labute approximate surface area is 479 Å². The first-order valence-corrected chi connectivity index (χ1v) is 30.5. The number of carbonyl (C=O) groups is 3. The number of cyclic esters (lactones) is 1. The fourth-order valence-corrected chi connectivity index (χ4v) is 14.4. The summed E-state index contributed by atoms with van der Waals surface area (Å²) >= 11 is 1.49. The number of methoxy groups -OCH3 is 1. The van der Waals surface area contributed by atoms with Gasteiger partial charge in [0, 0.05) is 135 Å². The van der Waals surface area contributed by atoms with E-state index in [0.29, 0.717) is 82.9 Å². The molecule has 6 bridgehead atoms. The molecule has 4 aromatic heterocycles. The Morgan fingerprint density at radius 1 is 0.963 bits per heavy atom. The fourth-order valence-electron chi connectivity index (χ4n) is 13.4. The van der Waals surface area contributed by atoms with Gasteiger partial charge < -0.3 is 38.5 Å². The monoisotopic (exact) mass is 1130 g/mol. The van der Waals surface area contributed by atoms with Crippen molar-refractivity contribution in [2.45, 2.75) is 141 Å². The number of morpholine rings is 1. The summed E-state index contributed by atoms with van der Waals surface area (Å²) in [4.78, 5) is 71.4. The number of nitrogens with one attached hydrogen (secondary N) is 2. The van der Waals surface area contributed by atoms with Crippen LogP contribution in [0.15, 0.2) is 54.4 Å². The number of pyridine rings is 1. The number of aromatic nitrogens is 5. The van der Waals surface area contributed by atoms with Gasteiger partial charge in [-0.1, -0.05) is 26.8 Å². The van der Waals surface area contributed by atoms with Crippen LogP contribution in [0.2, 0.25) is 0 Å². The quantitative estimate of drug-likeness (QED) is 0.113. The van der Waals surface area contributed by atoms with Crippen molar-refractivity contribution < 1.29 is 38.1 Å². The molecule has 2 saturated carbocycles. The number of esters is 1. The largest absolute Gasteiger partial charge is 0.464 e. The van der Waals surface area contributed by atoms with E-state index in [0.717, 1.165) is 95.1 Å². The highest BCUT2D eigenvalue weighted by Crippen LogP contribution is 2.53. The standard InChI is InChI=1S/C61H81N11O8S/c1-37-50(46-14-16-62-36-64-46)51(37)56(73)66-53-55(70-22-26-77-27-23-70)57-65-48(34-81-57)39-10-13-49-43(29-39)45(32-60(3,4)35-79-59(75)47-9-8-17-72(67-47)58(53)74)54(71(49)24-28-78-42-15-25-80-61(5,6)31-42)44-30-41(33-63-52(44)38(2)76-7)69-20-18-68(19-21-69)40-11-12-40/h10,13-14,16,29-30,33-34,36-38,40,42,47,50-51,53,55,67H,8-9,11-12,15,17-28,31-32,35H2,1-7H3,(H,66,73)/t37-,38-,42-,47-,50-,51?,53-,55-/m0/s1. The maximum atomic E-state index is 15.4. The maximum absolute atomic E-state index is 15.4. The molecule has 5 aromatic rings. The molecule has 1 aromatic carbocycles. The number of nitrogens with zero attached hydrogens (tertiary/aromatic N) is 9. The van der Waals surface area contributed by atoms with E-state index in [4.69, 9.17) is 33.7 Å². The summed E-state index contributed by atoms with van der Waals surface area (Å²) < 4.78 is 33.8. The van der Waals surface area contributed by atoms with Gasteiger partial charge in [-0.25, -0.2) is 20.4 Å². The van der Waals surface area contributed by atoms with E-state index < -0.39 is 35.4 Å². The first-order chi connectivity index (χ1) is 39.1. The minimum absolute atomic E-state index is 0.00378. The fraction of sp³-hybridized carbons (Fsp3) is 0.623. The molecule has 19 nitrogen and oxygen atoms in total. The molecule has 4 saturated heterocycles. The van der Waals surface area contributed by atoms with Crippen molar-refractivity contribution in [3.05, 3.63) is 76.4 Å². The number of thiazole rings is 1. The maximum Gasteiger partial charge on any atom is 0.324 e. The average molecular weight is 1130 g/mol. The van der Waals surface area contributed by atoms with E-state index >= 15 is 4.79 Å². The molecule has 2 N–H and O–H groups in total. The zero-order valence-corrected chi connectivity index (χ0v) is 49.1. The molecule has 7 aliphatic rings. The lowest BCUT2D eigenvalue weighted by molar-refractivity contribution is -0.156. The Morgan fingerprint density at radius 3 is 2.53 bits per heavy atom. The molecule has 2 amide bonds. The van der Waals surface area contributed by atoms with Gasteiger partial charge in [-0.2, -0.15) is 0 Å². The third-order valence-corrected chi connectivity index (χ3v) is 19.1. The molecule has 12 rings (SSSR count). The molecule has 0 spiro atoms. The van der Waals surface area contributed by atoms with Gasteiger partial charge in [0.15, 0.2) is 0 Å². The number of hydrazine groups is 1. The van der Waals surface area contributed by atoms with Crippen LogP contribution in [0.5, 0.6) is 0 Å². The van der Waals surface area contributed by atoms with E-state index in [-0.39, 0.29) is 48.1 Å². The molecule has 0 radical (unpaired) electrons. The molecule has 81 heavy (non-hydrogen) atoms. The number of amides is 2. The third kappa shape index (κ3) is 11.9. The topological polar surface area (TPSA) is 191 Å². The lowest BCUT2D eigenvalue weighted by atomic mass is 9.84. The van der Waals surface area contributed by atoms with Crippen LogP contribution in [0.1, 0.15) is 120 Å². The van der Waals surface area contributed by atoms with E-state index in [1.165, 1.54) is 35.5 Å². The van der Waals surface area contributed by atoms with Gasteiger partial charge in [-0.15, -0.1) is 11.3 Å². The molecule has 1 unspecified atom stereocenters. The van der Waals surface area contributed by atoms with E-state index in [1.807, 2.05) is 19.2 Å². The second kappa shape index (κ2) is 23.3. The number of ether oxygens (including phenoxy) is 5. The lowest BCUT2D eigenvalue weighted by Gasteiger charge is -2.41. The molecular weight excluding hydrogens is 1050 g/mol. The highest BCUT2D eigenvalue weighted by Gasteiger charge is 2.55. The average Bonchev–Trinajstić information content (AvgIpc) is 4.45. The predicted octanol–water partition coefficient (Wildman–Crippen LogP) is 7.11. The second-order valence-corrected chi connectivity index (χ2v) is 25.9. The highest BCUT2D eigenvalue weighted by atomic mass is 32.1. The highest BCUT2D eigenvalue weighted by molar-refractivity contribution is 7.10. The number of anilines is 1.